The maximum absolute atomic E-state index is 5.48. The van der Waals surface area contributed by atoms with E-state index in [1.807, 2.05) is 6.92 Å². The summed E-state index contributed by atoms with van der Waals surface area (Å²) in [4.78, 5) is 4.59. The third-order valence-corrected chi connectivity index (χ3v) is 2.22. The lowest BCUT2D eigenvalue weighted by Crippen LogP contribution is -1.76. The second kappa shape index (κ2) is 2.80. The Hall–Kier alpha value is -1.01. The molecular formula is C5H3ClN4OS. The van der Waals surface area contributed by atoms with Crippen molar-refractivity contribution in [3.8, 4) is 10.8 Å². The number of aryl methyl sites for hydroxylation is 1. The first-order chi connectivity index (χ1) is 5.77. The van der Waals surface area contributed by atoms with Gasteiger partial charge in [-0.3, -0.25) is 0 Å². The van der Waals surface area contributed by atoms with Crippen molar-refractivity contribution < 1.29 is 4.52 Å². The van der Waals surface area contributed by atoms with E-state index in [1.165, 1.54) is 11.5 Å². The van der Waals surface area contributed by atoms with Gasteiger partial charge in [-0.05, 0) is 35.2 Å². The molecule has 0 radical (unpaired) electrons. The highest BCUT2D eigenvalue weighted by atomic mass is 35.5. The Kier molecular flexibility index (Phi) is 1.78. The number of halogens is 1. The molecule has 0 spiro atoms. The van der Waals surface area contributed by atoms with Crippen molar-refractivity contribution in [2.24, 2.45) is 0 Å². The van der Waals surface area contributed by atoms with Gasteiger partial charge in [0.2, 0.25) is 0 Å². The Labute approximate surface area is 76.5 Å². The second-order valence-corrected chi connectivity index (χ2v) is 3.15. The van der Waals surface area contributed by atoms with E-state index in [2.05, 4.69) is 19.7 Å². The lowest BCUT2D eigenvalue weighted by atomic mass is 10.4. The highest BCUT2D eigenvalue weighted by molar-refractivity contribution is 7.09. The summed E-state index contributed by atoms with van der Waals surface area (Å²) in [6.07, 6.45) is 0. The summed E-state index contributed by atoms with van der Waals surface area (Å²) in [5.41, 5.74) is 0.764. The molecule has 5 nitrogen and oxygen atoms in total. The van der Waals surface area contributed by atoms with Crippen LogP contribution in [0.25, 0.3) is 10.8 Å². The van der Waals surface area contributed by atoms with Crippen molar-refractivity contribution in [1.82, 2.24) is 19.7 Å². The summed E-state index contributed by atoms with van der Waals surface area (Å²) in [5.74, 6) is 0.368. The normalized spacial score (nSPS) is 10.5. The molecule has 2 aromatic heterocycles. The van der Waals surface area contributed by atoms with Crippen LogP contribution in [0.2, 0.25) is 5.28 Å². The third-order valence-electron chi connectivity index (χ3n) is 1.25. The molecule has 12 heavy (non-hydrogen) atoms. The van der Waals surface area contributed by atoms with E-state index in [9.17, 15) is 0 Å². The number of hydrogen-bond acceptors (Lipinski definition) is 6. The van der Waals surface area contributed by atoms with Gasteiger partial charge in [-0.25, -0.2) is 0 Å². The lowest BCUT2D eigenvalue weighted by Gasteiger charge is -1.83. The van der Waals surface area contributed by atoms with Gasteiger partial charge in [0, 0.05) is 0 Å². The van der Waals surface area contributed by atoms with Crippen molar-refractivity contribution in [2.45, 2.75) is 6.92 Å². The molecule has 0 aliphatic heterocycles. The molecule has 0 unspecified atom stereocenters. The second-order valence-electron chi connectivity index (χ2n) is 2.06. The van der Waals surface area contributed by atoms with E-state index >= 15 is 0 Å². The maximum Gasteiger partial charge on any atom is 0.272 e. The Morgan fingerprint density at radius 3 is 2.83 bits per heavy atom. The molecule has 0 amide bonds. The van der Waals surface area contributed by atoms with Crippen LogP contribution in [-0.4, -0.2) is 19.7 Å². The Morgan fingerprint density at radius 2 is 2.33 bits per heavy atom. The summed E-state index contributed by atoms with van der Waals surface area (Å²) >= 11 is 6.68. The van der Waals surface area contributed by atoms with E-state index < -0.39 is 0 Å². The Bertz CT molecular complexity index is 398. The summed E-state index contributed by atoms with van der Waals surface area (Å²) in [7, 11) is 0. The number of hydrogen-bond donors (Lipinski definition) is 0. The average Bonchev–Trinajstić information content (AvgIpc) is 2.58. The first-order valence-electron chi connectivity index (χ1n) is 3.06. The van der Waals surface area contributed by atoms with Crippen molar-refractivity contribution in [3.63, 3.8) is 0 Å². The SMILES string of the molecule is Cc1nnsc1-c1nc(Cl)no1. The monoisotopic (exact) mass is 202 g/mol. The fourth-order valence-corrected chi connectivity index (χ4v) is 1.42. The quantitative estimate of drug-likeness (QED) is 0.702. The smallest absolute Gasteiger partial charge is 0.272 e. The van der Waals surface area contributed by atoms with Crippen LogP contribution < -0.4 is 0 Å². The minimum atomic E-state index is 0.0952. The van der Waals surface area contributed by atoms with Gasteiger partial charge in [-0.2, -0.15) is 4.98 Å². The van der Waals surface area contributed by atoms with Crippen LogP contribution in [0, 0.1) is 6.92 Å². The van der Waals surface area contributed by atoms with E-state index in [4.69, 9.17) is 16.1 Å². The molecular weight excluding hydrogens is 200 g/mol. The summed E-state index contributed by atoms with van der Waals surface area (Å²) in [6, 6.07) is 0. The van der Waals surface area contributed by atoms with Crippen LogP contribution >= 0.6 is 23.1 Å². The Balaban J connectivity index is 2.50. The molecule has 0 fully saturated rings. The number of rotatable bonds is 1. The minimum absolute atomic E-state index is 0.0952. The summed E-state index contributed by atoms with van der Waals surface area (Å²) in [5, 5.41) is 7.34. The van der Waals surface area contributed by atoms with Crippen molar-refractivity contribution >= 4 is 23.1 Å². The van der Waals surface area contributed by atoms with Crippen molar-refractivity contribution in [3.05, 3.63) is 11.0 Å². The first-order valence-corrected chi connectivity index (χ1v) is 4.21. The largest absolute Gasteiger partial charge is 0.332 e. The van der Waals surface area contributed by atoms with Crippen LogP contribution in [0.1, 0.15) is 5.69 Å². The molecule has 2 rings (SSSR count). The van der Waals surface area contributed by atoms with E-state index in [0.717, 1.165) is 10.6 Å². The fraction of sp³-hybridized carbons (Fsp3) is 0.200. The Morgan fingerprint density at radius 1 is 1.50 bits per heavy atom. The maximum atomic E-state index is 5.48. The summed E-state index contributed by atoms with van der Waals surface area (Å²) in [6.45, 7) is 1.82. The highest BCUT2D eigenvalue weighted by Gasteiger charge is 2.13. The molecule has 0 saturated heterocycles. The third kappa shape index (κ3) is 1.19. The molecule has 0 atom stereocenters. The molecule has 2 heterocycles. The number of aromatic nitrogens is 4. The van der Waals surface area contributed by atoms with Crippen LogP contribution in [0.15, 0.2) is 4.52 Å². The molecule has 0 aliphatic rings. The van der Waals surface area contributed by atoms with Crippen molar-refractivity contribution in [2.75, 3.05) is 0 Å². The molecule has 0 bridgehead atoms. The van der Waals surface area contributed by atoms with Gasteiger partial charge < -0.3 is 4.52 Å². The van der Waals surface area contributed by atoms with Gasteiger partial charge in [0.15, 0.2) is 0 Å². The van der Waals surface area contributed by atoms with Crippen LogP contribution in [0.3, 0.4) is 0 Å². The zero-order valence-electron chi connectivity index (χ0n) is 5.98. The molecule has 0 aliphatic carbocycles. The standard InChI is InChI=1S/C5H3ClN4OS/c1-2-3(12-10-8-2)4-7-5(6)9-11-4/h1H3. The zero-order chi connectivity index (χ0) is 8.55. The minimum Gasteiger partial charge on any atom is -0.332 e. The van der Waals surface area contributed by atoms with Gasteiger partial charge in [-0.1, -0.05) is 4.49 Å². The average molecular weight is 203 g/mol. The molecule has 0 saturated carbocycles. The predicted molar refractivity (Wildman–Crippen MR) is 42.9 cm³/mol. The fourth-order valence-electron chi connectivity index (χ4n) is 0.725. The predicted octanol–water partition coefficient (Wildman–Crippen LogP) is 1.55. The van der Waals surface area contributed by atoms with Gasteiger partial charge in [0.25, 0.3) is 11.2 Å². The van der Waals surface area contributed by atoms with Gasteiger partial charge in [0.05, 0.1) is 5.69 Å². The van der Waals surface area contributed by atoms with Crippen LogP contribution in [0.4, 0.5) is 0 Å². The van der Waals surface area contributed by atoms with Gasteiger partial charge in [0.1, 0.15) is 4.88 Å². The van der Waals surface area contributed by atoms with Crippen LogP contribution in [0.5, 0.6) is 0 Å². The topological polar surface area (TPSA) is 64.7 Å². The van der Waals surface area contributed by atoms with Crippen molar-refractivity contribution in [1.29, 1.82) is 0 Å². The van der Waals surface area contributed by atoms with Crippen LogP contribution in [-0.2, 0) is 0 Å². The number of nitrogens with zero attached hydrogens (tertiary/aromatic N) is 4. The molecule has 2 aromatic rings. The van der Waals surface area contributed by atoms with Gasteiger partial charge in [-0.15, -0.1) is 5.10 Å². The van der Waals surface area contributed by atoms with E-state index in [0.29, 0.717) is 5.89 Å². The van der Waals surface area contributed by atoms with Gasteiger partial charge >= 0.3 is 0 Å². The molecule has 0 aromatic carbocycles. The van der Waals surface area contributed by atoms with E-state index in [-0.39, 0.29) is 5.28 Å². The molecule has 0 N–H and O–H groups in total. The molecule has 7 heteroatoms. The molecule has 62 valence electrons. The first kappa shape index (κ1) is 7.63. The lowest BCUT2D eigenvalue weighted by molar-refractivity contribution is 0.431. The van der Waals surface area contributed by atoms with E-state index in [1.54, 1.807) is 0 Å². The highest BCUT2D eigenvalue weighted by Crippen LogP contribution is 2.24. The summed E-state index contributed by atoms with van der Waals surface area (Å²) < 4.78 is 8.56. The zero-order valence-corrected chi connectivity index (χ0v) is 7.56.